The zero-order valence-corrected chi connectivity index (χ0v) is 12.7. The molecule has 2 nitrogen and oxygen atoms in total. The number of anilines is 1. The number of ether oxygens (including phenoxy) is 1. The zero-order chi connectivity index (χ0) is 14.4. The number of hydrogen-bond donors (Lipinski definition) is 1. The molecule has 2 rings (SSSR count). The summed E-state index contributed by atoms with van der Waals surface area (Å²) in [5.41, 5.74) is 3.69. The monoisotopic (exact) mass is 289 g/mol. The molecule has 0 bridgehead atoms. The Morgan fingerprint density at radius 2 is 1.95 bits per heavy atom. The highest BCUT2D eigenvalue weighted by Gasteiger charge is 2.03. The van der Waals surface area contributed by atoms with E-state index in [4.69, 9.17) is 16.3 Å². The van der Waals surface area contributed by atoms with E-state index in [0.717, 1.165) is 24.9 Å². The first-order chi connectivity index (χ1) is 9.74. The van der Waals surface area contributed by atoms with Gasteiger partial charge in [-0.3, -0.25) is 0 Å². The Morgan fingerprint density at radius 1 is 1.15 bits per heavy atom. The molecular weight excluding hydrogens is 270 g/mol. The molecule has 0 heterocycles. The van der Waals surface area contributed by atoms with Gasteiger partial charge in [0, 0.05) is 12.2 Å². The van der Waals surface area contributed by atoms with Crippen LogP contribution in [0.2, 0.25) is 5.02 Å². The Labute approximate surface area is 125 Å². The normalized spacial score (nSPS) is 10.3. The summed E-state index contributed by atoms with van der Waals surface area (Å²) >= 11 is 6.14. The van der Waals surface area contributed by atoms with Crippen LogP contribution in [0.25, 0.3) is 0 Å². The highest BCUT2D eigenvalue weighted by Crippen LogP contribution is 2.25. The van der Waals surface area contributed by atoms with Crippen LogP contribution in [0.5, 0.6) is 5.75 Å². The van der Waals surface area contributed by atoms with Crippen molar-refractivity contribution in [3.8, 4) is 5.75 Å². The molecule has 0 amide bonds. The Kier molecular flexibility index (Phi) is 5.31. The zero-order valence-electron chi connectivity index (χ0n) is 11.9. The third-order valence-electron chi connectivity index (χ3n) is 3.24. The van der Waals surface area contributed by atoms with Crippen molar-refractivity contribution >= 4 is 17.3 Å². The van der Waals surface area contributed by atoms with Gasteiger partial charge in [0.15, 0.2) is 0 Å². The van der Waals surface area contributed by atoms with Crippen LogP contribution >= 0.6 is 11.6 Å². The van der Waals surface area contributed by atoms with E-state index in [2.05, 4.69) is 36.5 Å². The topological polar surface area (TPSA) is 21.3 Å². The summed E-state index contributed by atoms with van der Waals surface area (Å²) in [5, 5.41) is 4.13. The first-order valence-corrected chi connectivity index (χ1v) is 7.26. The fraction of sp³-hybridized carbons (Fsp3) is 0.294. The molecule has 2 aromatic rings. The molecule has 0 aliphatic carbocycles. The summed E-state index contributed by atoms with van der Waals surface area (Å²) in [6.45, 7) is 2.95. The van der Waals surface area contributed by atoms with E-state index in [9.17, 15) is 0 Å². The van der Waals surface area contributed by atoms with Gasteiger partial charge in [0.25, 0.3) is 0 Å². The lowest BCUT2D eigenvalue weighted by molar-refractivity contribution is 0.415. The van der Waals surface area contributed by atoms with Crippen LogP contribution in [-0.4, -0.2) is 7.11 Å². The fourth-order valence-corrected chi connectivity index (χ4v) is 2.48. The SMILES string of the molecule is CCCc1ccccc1NCc1ccc(OC)c(Cl)c1. The lowest BCUT2D eigenvalue weighted by Crippen LogP contribution is -2.02. The molecule has 20 heavy (non-hydrogen) atoms. The molecule has 0 saturated heterocycles. The van der Waals surface area contributed by atoms with Crippen molar-refractivity contribution < 1.29 is 4.74 Å². The van der Waals surface area contributed by atoms with Gasteiger partial charge in [-0.25, -0.2) is 0 Å². The molecule has 2 aromatic carbocycles. The first kappa shape index (κ1) is 14.7. The molecule has 0 fully saturated rings. The average Bonchev–Trinajstić information content (AvgIpc) is 2.47. The number of hydrogen-bond acceptors (Lipinski definition) is 2. The van der Waals surface area contributed by atoms with Crippen molar-refractivity contribution in [2.24, 2.45) is 0 Å². The van der Waals surface area contributed by atoms with Crippen molar-refractivity contribution in [2.45, 2.75) is 26.3 Å². The lowest BCUT2D eigenvalue weighted by atomic mass is 10.1. The predicted molar refractivity (Wildman–Crippen MR) is 85.8 cm³/mol. The molecule has 3 heteroatoms. The maximum Gasteiger partial charge on any atom is 0.137 e. The highest BCUT2D eigenvalue weighted by molar-refractivity contribution is 6.32. The Hall–Kier alpha value is -1.67. The van der Waals surface area contributed by atoms with Crippen LogP contribution in [0.15, 0.2) is 42.5 Å². The Balaban J connectivity index is 2.07. The van der Waals surface area contributed by atoms with Crippen molar-refractivity contribution in [3.05, 3.63) is 58.6 Å². The summed E-state index contributed by atoms with van der Waals surface area (Å²) < 4.78 is 5.16. The van der Waals surface area contributed by atoms with E-state index < -0.39 is 0 Å². The number of benzene rings is 2. The second kappa shape index (κ2) is 7.20. The van der Waals surface area contributed by atoms with Crippen LogP contribution < -0.4 is 10.1 Å². The van der Waals surface area contributed by atoms with Crippen molar-refractivity contribution in [1.82, 2.24) is 0 Å². The largest absolute Gasteiger partial charge is 0.495 e. The maximum absolute atomic E-state index is 6.14. The highest BCUT2D eigenvalue weighted by atomic mass is 35.5. The quantitative estimate of drug-likeness (QED) is 0.815. The van der Waals surface area contributed by atoms with E-state index in [1.165, 1.54) is 11.3 Å². The molecular formula is C17H20ClNO. The van der Waals surface area contributed by atoms with Crippen LogP contribution in [0.4, 0.5) is 5.69 Å². The van der Waals surface area contributed by atoms with E-state index in [-0.39, 0.29) is 0 Å². The molecule has 0 unspecified atom stereocenters. The number of para-hydroxylation sites is 1. The molecule has 1 N–H and O–H groups in total. The molecule has 0 saturated carbocycles. The fourth-order valence-electron chi connectivity index (χ4n) is 2.20. The lowest BCUT2D eigenvalue weighted by Gasteiger charge is -2.12. The third kappa shape index (κ3) is 3.67. The Morgan fingerprint density at radius 3 is 2.65 bits per heavy atom. The van der Waals surface area contributed by atoms with Crippen molar-refractivity contribution in [2.75, 3.05) is 12.4 Å². The number of aryl methyl sites for hydroxylation is 1. The summed E-state index contributed by atoms with van der Waals surface area (Å²) in [6, 6.07) is 14.3. The minimum atomic E-state index is 0.647. The van der Waals surface area contributed by atoms with Crippen molar-refractivity contribution in [1.29, 1.82) is 0 Å². The summed E-state index contributed by atoms with van der Waals surface area (Å²) in [4.78, 5) is 0. The number of rotatable bonds is 6. The van der Waals surface area contributed by atoms with Gasteiger partial charge in [-0.15, -0.1) is 0 Å². The van der Waals surface area contributed by atoms with E-state index in [0.29, 0.717) is 10.8 Å². The average molecular weight is 290 g/mol. The summed E-state index contributed by atoms with van der Waals surface area (Å²) in [5.74, 6) is 0.710. The molecule has 106 valence electrons. The van der Waals surface area contributed by atoms with Gasteiger partial charge in [0.1, 0.15) is 5.75 Å². The van der Waals surface area contributed by atoms with Crippen LogP contribution in [0.1, 0.15) is 24.5 Å². The number of methoxy groups -OCH3 is 1. The van der Waals surface area contributed by atoms with Gasteiger partial charge in [0.2, 0.25) is 0 Å². The standard InChI is InChI=1S/C17H20ClNO/c1-3-6-14-7-4-5-8-16(14)19-12-13-9-10-17(20-2)15(18)11-13/h4-5,7-11,19H,3,6,12H2,1-2H3. The molecule has 0 aliphatic heterocycles. The first-order valence-electron chi connectivity index (χ1n) is 6.88. The number of nitrogens with one attached hydrogen (secondary N) is 1. The molecule has 0 radical (unpaired) electrons. The molecule has 0 aliphatic rings. The van der Waals surface area contributed by atoms with Gasteiger partial charge in [-0.2, -0.15) is 0 Å². The minimum absolute atomic E-state index is 0.647. The summed E-state index contributed by atoms with van der Waals surface area (Å²) in [6.07, 6.45) is 2.24. The third-order valence-corrected chi connectivity index (χ3v) is 3.53. The van der Waals surface area contributed by atoms with Crippen LogP contribution in [-0.2, 0) is 13.0 Å². The van der Waals surface area contributed by atoms with Crippen LogP contribution in [0, 0.1) is 0 Å². The van der Waals surface area contributed by atoms with Gasteiger partial charge < -0.3 is 10.1 Å². The van der Waals surface area contributed by atoms with E-state index in [1.807, 2.05) is 18.2 Å². The Bertz CT molecular complexity index is 569. The molecule has 0 aromatic heterocycles. The van der Waals surface area contributed by atoms with E-state index >= 15 is 0 Å². The maximum atomic E-state index is 6.14. The van der Waals surface area contributed by atoms with Crippen LogP contribution in [0.3, 0.4) is 0 Å². The number of halogens is 1. The summed E-state index contributed by atoms with van der Waals surface area (Å²) in [7, 11) is 1.63. The van der Waals surface area contributed by atoms with Crippen molar-refractivity contribution in [3.63, 3.8) is 0 Å². The second-order valence-electron chi connectivity index (χ2n) is 4.73. The smallest absolute Gasteiger partial charge is 0.137 e. The van der Waals surface area contributed by atoms with Gasteiger partial charge in [-0.05, 0) is 35.7 Å². The predicted octanol–water partition coefficient (Wildman–Crippen LogP) is 4.91. The molecule has 0 spiro atoms. The van der Waals surface area contributed by atoms with E-state index in [1.54, 1.807) is 7.11 Å². The van der Waals surface area contributed by atoms with Gasteiger partial charge in [0.05, 0.1) is 12.1 Å². The molecule has 0 atom stereocenters. The minimum Gasteiger partial charge on any atom is -0.495 e. The second-order valence-corrected chi connectivity index (χ2v) is 5.14. The van der Waals surface area contributed by atoms with Gasteiger partial charge >= 0.3 is 0 Å². The van der Waals surface area contributed by atoms with Gasteiger partial charge in [-0.1, -0.05) is 49.2 Å².